The number of nitrogens with one attached hydrogen (secondary N) is 2. The first kappa shape index (κ1) is 18.8. The lowest BCUT2D eigenvalue weighted by molar-refractivity contribution is -0.00000431. The molecule has 0 unspecified atom stereocenters. The summed E-state index contributed by atoms with van der Waals surface area (Å²) < 4.78 is 0. The fourth-order valence-electron chi connectivity index (χ4n) is 2.28. The molecule has 2 nitrogen and oxygen atoms in total. The molecule has 0 aliphatic carbocycles. The van der Waals surface area contributed by atoms with Gasteiger partial charge in [-0.15, -0.1) is 13.2 Å². The third-order valence-electron chi connectivity index (χ3n) is 3.23. The van der Waals surface area contributed by atoms with Crippen LogP contribution < -0.4 is 37.8 Å². The molecule has 2 N–H and O–H groups in total. The van der Waals surface area contributed by atoms with Crippen molar-refractivity contribution in [3.8, 4) is 0 Å². The standard InChI is InChI=1S/C18H22N2P.BrH/c1-3-15-19-21(20-16-4-2,17-11-7-5-8-12-17)18-13-9-6-10-14-18;/h3-14,19-20H,1-2,15-16H2;1H/q+1;/p-1. The second kappa shape index (κ2) is 9.70. The molecule has 0 atom stereocenters. The molecule has 4 heteroatoms. The Balaban J connectivity index is 0.00000242. The molecular weight excluding hydrogens is 355 g/mol. The zero-order chi connectivity index (χ0) is 15.0. The third-order valence-corrected chi connectivity index (χ3v) is 6.69. The van der Waals surface area contributed by atoms with Crippen LogP contribution in [0.15, 0.2) is 86.0 Å². The van der Waals surface area contributed by atoms with Crippen molar-refractivity contribution in [3.05, 3.63) is 86.0 Å². The summed E-state index contributed by atoms with van der Waals surface area (Å²) in [4.78, 5) is 0. The van der Waals surface area contributed by atoms with Crippen molar-refractivity contribution >= 4 is 18.2 Å². The summed E-state index contributed by atoms with van der Waals surface area (Å²) in [5.74, 6) is 0. The quantitative estimate of drug-likeness (QED) is 0.502. The number of halogens is 1. The molecule has 0 spiro atoms. The van der Waals surface area contributed by atoms with Crippen molar-refractivity contribution in [2.24, 2.45) is 0 Å². The van der Waals surface area contributed by atoms with Crippen LogP contribution in [0.5, 0.6) is 0 Å². The second-order valence-corrected chi connectivity index (χ2v) is 7.65. The first-order valence-corrected chi connectivity index (χ1v) is 8.84. The minimum atomic E-state index is -1.88. The van der Waals surface area contributed by atoms with Crippen LogP contribution >= 0.6 is 7.56 Å². The number of benzene rings is 2. The minimum absolute atomic E-state index is 0. The van der Waals surface area contributed by atoms with Gasteiger partial charge in [0.2, 0.25) is 7.56 Å². The van der Waals surface area contributed by atoms with Gasteiger partial charge in [-0.25, -0.2) is 0 Å². The van der Waals surface area contributed by atoms with Gasteiger partial charge >= 0.3 is 0 Å². The van der Waals surface area contributed by atoms with E-state index >= 15 is 0 Å². The van der Waals surface area contributed by atoms with Gasteiger partial charge in [-0.1, -0.05) is 48.6 Å². The van der Waals surface area contributed by atoms with Crippen molar-refractivity contribution in [1.82, 2.24) is 10.2 Å². The number of hydrogen-bond donors (Lipinski definition) is 2. The fraction of sp³-hybridized carbons (Fsp3) is 0.111. The summed E-state index contributed by atoms with van der Waals surface area (Å²) in [6.45, 7) is 9.18. The Morgan fingerprint density at radius 3 is 1.41 bits per heavy atom. The Morgan fingerprint density at radius 2 is 1.09 bits per heavy atom. The summed E-state index contributed by atoms with van der Waals surface area (Å²) in [6.07, 6.45) is 3.80. The topological polar surface area (TPSA) is 24.1 Å². The van der Waals surface area contributed by atoms with E-state index in [1.54, 1.807) is 0 Å². The van der Waals surface area contributed by atoms with E-state index in [0.29, 0.717) is 0 Å². The lowest BCUT2D eigenvalue weighted by Gasteiger charge is -2.27. The van der Waals surface area contributed by atoms with Crippen LogP contribution in [0.2, 0.25) is 0 Å². The maximum atomic E-state index is 3.84. The molecule has 0 saturated carbocycles. The molecule has 2 aromatic rings. The van der Waals surface area contributed by atoms with E-state index in [1.807, 2.05) is 24.3 Å². The zero-order valence-electron chi connectivity index (χ0n) is 12.6. The van der Waals surface area contributed by atoms with E-state index in [4.69, 9.17) is 0 Å². The molecule has 0 saturated heterocycles. The molecule has 0 amide bonds. The molecule has 0 fully saturated rings. The number of rotatable bonds is 8. The van der Waals surface area contributed by atoms with Crippen LogP contribution in [0.4, 0.5) is 0 Å². The highest BCUT2D eigenvalue weighted by Crippen LogP contribution is 2.47. The van der Waals surface area contributed by atoms with E-state index in [-0.39, 0.29) is 17.0 Å². The Kier molecular flexibility index (Phi) is 8.29. The van der Waals surface area contributed by atoms with Crippen LogP contribution in [0.25, 0.3) is 0 Å². The van der Waals surface area contributed by atoms with Crippen LogP contribution in [0, 0.1) is 0 Å². The molecule has 0 heterocycles. The van der Waals surface area contributed by atoms with E-state index in [1.165, 1.54) is 10.6 Å². The van der Waals surface area contributed by atoms with Gasteiger partial charge in [-0.2, -0.15) is 10.2 Å². The van der Waals surface area contributed by atoms with Crippen molar-refractivity contribution in [3.63, 3.8) is 0 Å². The van der Waals surface area contributed by atoms with Gasteiger partial charge < -0.3 is 17.0 Å². The van der Waals surface area contributed by atoms with Gasteiger partial charge in [0.05, 0.1) is 13.1 Å². The van der Waals surface area contributed by atoms with Gasteiger partial charge in [0, 0.05) is 0 Å². The van der Waals surface area contributed by atoms with Crippen LogP contribution in [-0.2, 0) is 0 Å². The van der Waals surface area contributed by atoms with Gasteiger partial charge in [-0.05, 0) is 24.3 Å². The third kappa shape index (κ3) is 4.37. The molecule has 0 aromatic heterocycles. The predicted molar refractivity (Wildman–Crippen MR) is 95.5 cm³/mol. The normalized spacial score (nSPS) is 10.5. The molecule has 22 heavy (non-hydrogen) atoms. The Labute approximate surface area is 144 Å². The second-order valence-electron chi connectivity index (χ2n) is 4.64. The molecule has 0 radical (unpaired) electrons. The van der Waals surface area contributed by atoms with Crippen LogP contribution in [0.3, 0.4) is 0 Å². The van der Waals surface area contributed by atoms with Gasteiger partial charge in [0.1, 0.15) is 10.6 Å². The lowest BCUT2D eigenvalue weighted by atomic mass is 10.4. The summed E-state index contributed by atoms with van der Waals surface area (Å²) in [6, 6.07) is 21.1. The first-order chi connectivity index (χ1) is 10.3. The maximum Gasteiger partial charge on any atom is 0.214 e. The first-order valence-electron chi connectivity index (χ1n) is 7.06. The SMILES string of the molecule is C=CCN[P+](NCC=C)(c1ccccc1)c1ccccc1.[Br-]. The monoisotopic (exact) mass is 376 g/mol. The lowest BCUT2D eigenvalue weighted by Crippen LogP contribution is -3.00. The van der Waals surface area contributed by atoms with Crippen LogP contribution in [-0.4, -0.2) is 13.1 Å². The molecule has 116 valence electrons. The average molecular weight is 377 g/mol. The molecule has 0 aliphatic rings. The van der Waals surface area contributed by atoms with E-state index in [0.717, 1.165) is 13.1 Å². The maximum absolute atomic E-state index is 3.84. The van der Waals surface area contributed by atoms with E-state index in [2.05, 4.69) is 71.9 Å². The fourth-order valence-corrected chi connectivity index (χ4v) is 5.46. The Morgan fingerprint density at radius 1 is 0.727 bits per heavy atom. The summed E-state index contributed by atoms with van der Waals surface area (Å²) in [5, 5.41) is 9.92. The molecule has 2 rings (SSSR count). The molecular formula is C18H22BrN2P. The van der Waals surface area contributed by atoms with Crippen LogP contribution in [0.1, 0.15) is 0 Å². The molecule has 2 aromatic carbocycles. The summed E-state index contributed by atoms with van der Waals surface area (Å²) in [7, 11) is -1.88. The highest BCUT2D eigenvalue weighted by atomic mass is 79.9. The predicted octanol–water partition coefficient (Wildman–Crippen LogP) is 0.0402. The highest BCUT2D eigenvalue weighted by Gasteiger charge is 2.42. The van der Waals surface area contributed by atoms with Crippen molar-refractivity contribution in [2.45, 2.75) is 0 Å². The smallest absolute Gasteiger partial charge is 0.214 e. The summed E-state index contributed by atoms with van der Waals surface area (Å²) in [5.41, 5.74) is 0. The molecule has 0 bridgehead atoms. The Bertz CT molecular complexity index is 519. The zero-order valence-corrected chi connectivity index (χ0v) is 15.1. The largest absolute Gasteiger partial charge is 1.00 e. The van der Waals surface area contributed by atoms with Gasteiger partial charge in [0.15, 0.2) is 0 Å². The van der Waals surface area contributed by atoms with Crippen molar-refractivity contribution in [2.75, 3.05) is 13.1 Å². The van der Waals surface area contributed by atoms with E-state index < -0.39 is 7.56 Å². The molecule has 0 aliphatic heterocycles. The van der Waals surface area contributed by atoms with Crippen molar-refractivity contribution < 1.29 is 17.0 Å². The number of hydrogen-bond acceptors (Lipinski definition) is 2. The van der Waals surface area contributed by atoms with E-state index in [9.17, 15) is 0 Å². The minimum Gasteiger partial charge on any atom is -1.00 e. The highest BCUT2D eigenvalue weighted by molar-refractivity contribution is 7.86. The van der Waals surface area contributed by atoms with Gasteiger partial charge in [0.25, 0.3) is 0 Å². The Hall–Kier alpha value is -1.25. The van der Waals surface area contributed by atoms with Crippen molar-refractivity contribution in [1.29, 1.82) is 0 Å². The van der Waals surface area contributed by atoms with Gasteiger partial charge in [-0.3, -0.25) is 0 Å². The average Bonchev–Trinajstić information content (AvgIpc) is 2.57. The summed E-state index contributed by atoms with van der Waals surface area (Å²) >= 11 is 0.